The molecule has 2 N–H and O–H groups in total. The van der Waals surface area contributed by atoms with Crippen molar-refractivity contribution in [3.05, 3.63) is 0 Å². The second-order valence-corrected chi connectivity index (χ2v) is 6.79. The third-order valence-electron chi connectivity index (χ3n) is 3.04. The van der Waals surface area contributed by atoms with E-state index in [4.69, 9.17) is 5.73 Å². The second-order valence-electron chi connectivity index (χ2n) is 4.49. The minimum atomic E-state index is -2.89. The van der Waals surface area contributed by atoms with Crippen molar-refractivity contribution in [3.63, 3.8) is 0 Å². The van der Waals surface area contributed by atoms with E-state index in [0.29, 0.717) is 26.1 Å². The van der Waals surface area contributed by atoms with E-state index < -0.39 is 9.84 Å². The summed E-state index contributed by atoms with van der Waals surface area (Å²) in [6.07, 6.45) is 4.51. The van der Waals surface area contributed by atoms with Crippen molar-refractivity contribution in [1.29, 1.82) is 0 Å². The quantitative estimate of drug-likeness (QED) is 0.691. The Hall–Kier alpha value is -0.620. The Labute approximate surface area is 103 Å². The molecule has 1 aliphatic heterocycles. The average Bonchev–Trinajstić information content (AvgIpc) is 2.28. The molecule has 0 radical (unpaired) electrons. The number of carbonyl (C=O) groups is 1. The standard InChI is InChI=1S/C11H22N2O3S/c12-6-4-2-1-3-5-11(14)13-7-9-17(15,16)10-8-13/h1-10,12H2. The third kappa shape index (κ3) is 5.50. The molecule has 0 aromatic heterocycles. The first kappa shape index (κ1) is 14.4. The lowest BCUT2D eigenvalue weighted by Crippen LogP contribution is -2.43. The monoisotopic (exact) mass is 262 g/mol. The van der Waals surface area contributed by atoms with Crippen LogP contribution in [0.2, 0.25) is 0 Å². The highest BCUT2D eigenvalue weighted by molar-refractivity contribution is 7.91. The molecule has 0 bridgehead atoms. The molecule has 0 unspecified atom stereocenters. The molecule has 1 aliphatic rings. The van der Waals surface area contributed by atoms with Crippen LogP contribution in [0.15, 0.2) is 0 Å². The fourth-order valence-corrected chi connectivity index (χ4v) is 3.10. The van der Waals surface area contributed by atoms with Gasteiger partial charge in [-0.3, -0.25) is 4.79 Å². The van der Waals surface area contributed by atoms with Crippen LogP contribution in [-0.4, -0.2) is 50.4 Å². The van der Waals surface area contributed by atoms with Crippen LogP contribution >= 0.6 is 0 Å². The van der Waals surface area contributed by atoms with Gasteiger partial charge in [0.1, 0.15) is 0 Å². The molecule has 1 amide bonds. The zero-order chi connectivity index (χ0) is 12.7. The number of nitrogens with zero attached hydrogens (tertiary/aromatic N) is 1. The molecule has 1 fully saturated rings. The van der Waals surface area contributed by atoms with E-state index in [-0.39, 0.29) is 17.4 Å². The minimum Gasteiger partial charge on any atom is -0.341 e. The molecule has 1 rings (SSSR count). The molecule has 5 nitrogen and oxygen atoms in total. The molecule has 0 atom stereocenters. The molecule has 0 aliphatic carbocycles. The smallest absolute Gasteiger partial charge is 0.222 e. The predicted molar refractivity (Wildman–Crippen MR) is 67.4 cm³/mol. The SMILES string of the molecule is NCCCCCCC(=O)N1CCS(=O)(=O)CC1. The van der Waals surface area contributed by atoms with Gasteiger partial charge in [0.2, 0.25) is 5.91 Å². The summed E-state index contributed by atoms with van der Waals surface area (Å²) in [5.41, 5.74) is 5.38. The van der Waals surface area contributed by atoms with E-state index in [9.17, 15) is 13.2 Å². The molecule has 1 saturated heterocycles. The van der Waals surface area contributed by atoms with Crippen molar-refractivity contribution < 1.29 is 13.2 Å². The number of unbranched alkanes of at least 4 members (excludes halogenated alkanes) is 3. The summed E-state index contributed by atoms with van der Waals surface area (Å²) in [6.45, 7) is 1.44. The molecule has 0 saturated carbocycles. The maximum atomic E-state index is 11.7. The number of hydrogen-bond donors (Lipinski definition) is 1. The topological polar surface area (TPSA) is 80.5 Å². The van der Waals surface area contributed by atoms with Crippen LogP contribution in [0.5, 0.6) is 0 Å². The molecule has 17 heavy (non-hydrogen) atoms. The molecular formula is C11H22N2O3S. The Bertz CT molecular complexity index is 327. The highest BCUT2D eigenvalue weighted by atomic mass is 32.2. The second kappa shape index (κ2) is 6.96. The molecule has 0 aromatic rings. The van der Waals surface area contributed by atoms with Gasteiger partial charge in [0.15, 0.2) is 9.84 Å². The van der Waals surface area contributed by atoms with E-state index in [1.807, 2.05) is 0 Å². The Kier molecular flexibility index (Phi) is 5.91. The van der Waals surface area contributed by atoms with Gasteiger partial charge < -0.3 is 10.6 Å². The normalized spacial score (nSPS) is 19.2. The van der Waals surface area contributed by atoms with Gasteiger partial charge in [0.25, 0.3) is 0 Å². The number of carbonyl (C=O) groups excluding carboxylic acids is 1. The Morgan fingerprint density at radius 1 is 1.06 bits per heavy atom. The van der Waals surface area contributed by atoms with Crippen LogP contribution < -0.4 is 5.73 Å². The van der Waals surface area contributed by atoms with Gasteiger partial charge in [-0.1, -0.05) is 12.8 Å². The lowest BCUT2D eigenvalue weighted by molar-refractivity contribution is -0.131. The average molecular weight is 262 g/mol. The van der Waals surface area contributed by atoms with Crippen molar-refractivity contribution in [1.82, 2.24) is 4.90 Å². The van der Waals surface area contributed by atoms with Crippen LogP contribution in [0.25, 0.3) is 0 Å². The van der Waals surface area contributed by atoms with Gasteiger partial charge in [0, 0.05) is 19.5 Å². The first-order chi connectivity index (χ1) is 8.05. The number of nitrogens with two attached hydrogens (primary N) is 1. The zero-order valence-corrected chi connectivity index (χ0v) is 11.0. The number of amides is 1. The molecule has 0 spiro atoms. The van der Waals surface area contributed by atoms with Crippen LogP contribution in [-0.2, 0) is 14.6 Å². The van der Waals surface area contributed by atoms with E-state index in [1.165, 1.54) is 0 Å². The first-order valence-electron chi connectivity index (χ1n) is 6.23. The summed E-state index contributed by atoms with van der Waals surface area (Å²) in [5, 5.41) is 0. The summed E-state index contributed by atoms with van der Waals surface area (Å²) >= 11 is 0. The van der Waals surface area contributed by atoms with E-state index in [2.05, 4.69) is 0 Å². The summed E-state index contributed by atoms with van der Waals surface area (Å²) in [4.78, 5) is 13.4. The van der Waals surface area contributed by atoms with Crippen molar-refractivity contribution in [2.45, 2.75) is 32.1 Å². The molecular weight excluding hydrogens is 240 g/mol. The van der Waals surface area contributed by atoms with Crippen molar-refractivity contribution in [2.24, 2.45) is 5.73 Å². The summed E-state index contributed by atoms with van der Waals surface area (Å²) < 4.78 is 22.4. The lowest BCUT2D eigenvalue weighted by atomic mass is 10.1. The number of rotatable bonds is 6. The predicted octanol–water partition coefficient (Wildman–Crippen LogP) is 0.153. The highest BCUT2D eigenvalue weighted by Crippen LogP contribution is 2.09. The van der Waals surface area contributed by atoms with Crippen LogP contribution in [0.1, 0.15) is 32.1 Å². The third-order valence-corrected chi connectivity index (χ3v) is 4.65. The van der Waals surface area contributed by atoms with Gasteiger partial charge in [-0.05, 0) is 19.4 Å². The fraction of sp³-hybridized carbons (Fsp3) is 0.909. The molecule has 1 heterocycles. The van der Waals surface area contributed by atoms with Crippen LogP contribution in [0, 0.1) is 0 Å². The number of hydrogen-bond acceptors (Lipinski definition) is 4. The maximum absolute atomic E-state index is 11.7. The van der Waals surface area contributed by atoms with E-state index in [1.54, 1.807) is 4.90 Å². The van der Waals surface area contributed by atoms with Crippen LogP contribution in [0.4, 0.5) is 0 Å². The Balaban J connectivity index is 2.16. The van der Waals surface area contributed by atoms with Crippen molar-refractivity contribution >= 4 is 15.7 Å². The van der Waals surface area contributed by atoms with Gasteiger partial charge in [0.05, 0.1) is 11.5 Å². The van der Waals surface area contributed by atoms with Gasteiger partial charge in [-0.2, -0.15) is 0 Å². The minimum absolute atomic E-state index is 0.0904. The maximum Gasteiger partial charge on any atom is 0.222 e. The molecule has 6 heteroatoms. The zero-order valence-electron chi connectivity index (χ0n) is 10.2. The summed E-state index contributed by atoms with van der Waals surface area (Å²) in [7, 11) is -2.89. The number of sulfone groups is 1. The molecule has 100 valence electrons. The van der Waals surface area contributed by atoms with E-state index in [0.717, 1.165) is 25.7 Å². The highest BCUT2D eigenvalue weighted by Gasteiger charge is 2.24. The first-order valence-corrected chi connectivity index (χ1v) is 8.05. The van der Waals surface area contributed by atoms with Gasteiger partial charge in [-0.25, -0.2) is 8.42 Å². The summed E-state index contributed by atoms with van der Waals surface area (Å²) in [6, 6.07) is 0. The van der Waals surface area contributed by atoms with E-state index >= 15 is 0 Å². The largest absolute Gasteiger partial charge is 0.341 e. The van der Waals surface area contributed by atoms with Crippen LogP contribution in [0.3, 0.4) is 0 Å². The van der Waals surface area contributed by atoms with Gasteiger partial charge >= 0.3 is 0 Å². The molecule has 0 aromatic carbocycles. The van der Waals surface area contributed by atoms with Crippen molar-refractivity contribution in [3.8, 4) is 0 Å². The fourth-order valence-electron chi connectivity index (χ4n) is 1.89. The van der Waals surface area contributed by atoms with Crippen molar-refractivity contribution in [2.75, 3.05) is 31.1 Å². The Morgan fingerprint density at radius 3 is 2.24 bits per heavy atom. The van der Waals surface area contributed by atoms with Gasteiger partial charge in [-0.15, -0.1) is 0 Å². The lowest BCUT2D eigenvalue weighted by Gasteiger charge is -2.26. The Morgan fingerprint density at radius 2 is 1.65 bits per heavy atom. The summed E-state index contributed by atoms with van der Waals surface area (Å²) in [5.74, 6) is 0.324.